The van der Waals surface area contributed by atoms with Crippen LogP contribution in [0.5, 0.6) is 5.75 Å². The number of aryl methyl sites for hydroxylation is 1. The second-order valence-electron chi connectivity index (χ2n) is 5.48. The smallest absolute Gasteiger partial charge is 0.165 e. The first kappa shape index (κ1) is 15.0. The summed E-state index contributed by atoms with van der Waals surface area (Å²) >= 11 is 0. The summed E-state index contributed by atoms with van der Waals surface area (Å²) in [6, 6.07) is 4.92. The zero-order valence-electron chi connectivity index (χ0n) is 12.0. The molecule has 1 aromatic carbocycles. The Morgan fingerprint density at radius 2 is 2.06 bits per heavy atom. The first-order valence-electron chi connectivity index (χ1n) is 6.52. The van der Waals surface area contributed by atoms with Crippen LogP contribution in [0.4, 0.5) is 4.39 Å². The molecule has 0 amide bonds. The van der Waals surface area contributed by atoms with E-state index in [1.807, 2.05) is 13.8 Å². The van der Waals surface area contributed by atoms with E-state index in [0.717, 1.165) is 12.0 Å². The Labute approximate surface area is 110 Å². The second kappa shape index (κ2) is 6.19. The standard InChI is InChI=1S/C15H24FNO/c1-6-15(4,5)17-10-12(3)18-14-9-11(2)7-8-13(14)16/h7-9,12,17H,6,10H2,1-5H3. The summed E-state index contributed by atoms with van der Waals surface area (Å²) in [6.45, 7) is 11.0. The third-order valence-electron chi connectivity index (χ3n) is 3.17. The topological polar surface area (TPSA) is 21.3 Å². The molecule has 1 atom stereocenters. The minimum Gasteiger partial charge on any atom is -0.486 e. The van der Waals surface area contributed by atoms with E-state index in [-0.39, 0.29) is 17.5 Å². The number of benzene rings is 1. The molecule has 0 heterocycles. The highest BCUT2D eigenvalue weighted by Gasteiger charge is 2.16. The largest absolute Gasteiger partial charge is 0.486 e. The summed E-state index contributed by atoms with van der Waals surface area (Å²) < 4.78 is 19.2. The predicted molar refractivity (Wildman–Crippen MR) is 73.6 cm³/mol. The summed E-state index contributed by atoms with van der Waals surface area (Å²) in [5.41, 5.74) is 1.09. The van der Waals surface area contributed by atoms with E-state index in [2.05, 4.69) is 26.1 Å². The van der Waals surface area contributed by atoms with Crippen LogP contribution in [-0.2, 0) is 0 Å². The van der Waals surface area contributed by atoms with Gasteiger partial charge >= 0.3 is 0 Å². The van der Waals surface area contributed by atoms with Crippen LogP contribution in [0.15, 0.2) is 18.2 Å². The van der Waals surface area contributed by atoms with Crippen molar-refractivity contribution >= 4 is 0 Å². The number of nitrogens with one attached hydrogen (secondary N) is 1. The van der Waals surface area contributed by atoms with E-state index < -0.39 is 0 Å². The van der Waals surface area contributed by atoms with Crippen LogP contribution < -0.4 is 10.1 Å². The van der Waals surface area contributed by atoms with E-state index in [9.17, 15) is 4.39 Å². The Balaban J connectivity index is 2.54. The van der Waals surface area contributed by atoms with Gasteiger partial charge in [0.05, 0.1) is 0 Å². The fraction of sp³-hybridized carbons (Fsp3) is 0.600. The Bertz CT molecular complexity index is 390. The molecule has 0 aliphatic carbocycles. The van der Waals surface area contributed by atoms with Crippen molar-refractivity contribution in [3.05, 3.63) is 29.6 Å². The molecule has 1 N–H and O–H groups in total. The third-order valence-corrected chi connectivity index (χ3v) is 3.17. The lowest BCUT2D eigenvalue weighted by molar-refractivity contribution is 0.191. The van der Waals surface area contributed by atoms with Crippen LogP contribution >= 0.6 is 0 Å². The lowest BCUT2D eigenvalue weighted by Crippen LogP contribution is -2.43. The van der Waals surface area contributed by atoms with Gasteiger partial charge in [-0.2, -0.15) is 0 Å². The molecule has 2 nitrogen and oxygen atoms in total. The zero-order chi connectivity index (χ0) is 13.8. The van der Waals surface area contributed by atoms with Crippen LogP contribution in [0.3, 0.4) is 0 Å². The maximum Gasteiger partial charge on any atom is 0.165 e. The van der Waals surface area contributed by atoms with Gasteiger partial charge in [0, 0.05) is 12.1 Å². The molecular weight excluding hydrogens is 229 g/mol. The molecule has 1 unspecified atom stereocenters. The van der Waals surface area contributed by atoms with Gasteiger partial charge in [-0.15, -0.1) is 0 Å². The van der Waals surface area contributed by atoms with Crippen LogP contribution in [-0.4, -0.2) is 18.2 Å². The maximum atomic E-state index is 13.5. The molecule has 0 aromatic heterocycles. The SMILES string of the molecule is CCC(C)(C)NCC(C)Oc1cc(C)ccc1F. The Kier molecular flexibility index (Phi) is 5.15. The van der Waals surface area contributed by atoms with E-state index in [4.69, 9.17) is 4.74 Å². The minimum absolute atomic E-state index is 0.0628. The van der Waals surface area contributed by atoms with Gasteiger partial charge in [-0.25, -0.2) is 4.39 Å². The first-order chi connectivity index (χ1) is 8.34. The highest BCUT2D eigenvalue weighted by molar-refractivity contribution is 5.29. The van der Waals surface area contributed by atoms with Gasteiger partial charge in [-0.1, -0.05) is 13.0 Å². The van der Waals surface area contributed by atoms with Crippen molar-refractivity contribution in [2.24, 2.45) is 0 Å². The Hall–Kier alpha value is -1.09. The van der Waals surface area contributed by atoms with E-state index in [1.54, 1.807) is 12.1 Å². The molecule has 0 fully saturated rings. The van der Waals surface area contributed by atoms with Crippen molar-refractivity contribution < 1.29 is 9.13 Å². The van der Waals surface area contributed by atoms with Crippen LogP contribution in [0, 0.1) is 12.7 Å². The first-order valence-corrected chi connectivity index (χ1v) is 6.52. The van der Waals surface area contributed by atoms with Crippen molar-refractivity contribution in [3.8, 4) is 5.75 Å². The molecular formula is C15H24FNO. The van der Waals surface area contributed by atoms with Gasteiger partial charge in [0.25, 0.3) is 0 Å². The minimum atomic E-state index is -0.304. The Morgan fingerprint density at radius 1 is 1.39 bits per heavy atom. The molecule has 0 bridgehead atoms. The van der Waals surface area contributed by atoms with Gasteiger partial charge in [0.15, 0.2) is 11.6 Å². The van der Waals surface area contributed by atoms with Gasteiger partial charge in [-0.05, 0) is 51.8 Å². The van der Waals surface area contributed by atoms with Crippen molar-refractivity contribution in [1.82, 2.24) is 5.32 Å². The number of hydrogen-bond acceptors (Lipinski definition) is 2. The summed E-state index contributed by atoms with van der Waals surface area (Å²) in [4.78, 5) is 0. The molecule has 0 radical (unpaired) electrons. The number of halogens is 1. The monoisotopic (exact) mass is 253 g/mol. The van der Waals surface area contributed by atoms with Crippen molar-refractivity contribution in [2.45, 2.75) is 52.7 Å². The van der Waals surface area contributed by atoms with Crippen molar-refractivity contribution in [1.29, 1.82) is 0 Å². The van der Waals surface area contributed by atoms with Gasteiger partial charge in [0.1, 0.15) is 6.10 Å². The van der Waals surface area contributed by atoms with Crippen LogP contribution in [0.2, 0.25) is 0 Å². The molecule has 18 heavy (non-hydrogen) atoms. The summed E-state index contributed by atoms with van der Waals surface area (Å²) in [6.07, 6.45) is 0.977. The van der Waals surface area contributed by atoms with E-state index >= 15 is 0 Å². The molecule has 3 heteroatoms. The summed E-state index contributed by atoms with van der Waals surface area (Å²) in [5, 5.41) is 3.42. The van der Waals surface area contributed by atoms with Crippen LogP contribution in [0.25, 0.3) is 0 Å². The average molecular weight is 253 g/mol. The maximum absolute atomic E-state index is 13.5. The summed E-state index contributed by atoms with van der Waals surface area (Å²) in [7, 11) is 0. The summed E-state index contributed by atoms with van der Waals surface area (Å²) in [5.74, 6) is 0.0285. The highest BCUT2D eigenvalue weighted by atomic mass is 19.1. The van der Waals surface area contributed by atoms with Crippen molar-refractivity contribution in [2.75, 3.05) is 6.54 Å². The lowest BCUT2D eigenvalue weighted by Gasteiger charge is -2.27. The molecule has 0 saturated heterocycles. The molecule has 0 saturated carbocycles. The fourth-order valence-corrected chi connectivity index (χ4v) is 1.50. The zero-order valence-corrected chi connectivity index (χ0v) is 12.0. The Morgan fingerprint density at radius 3 is 2.67 bits per heavy atom. The molecule has 0 aliphatic rings. The highest BCUT2D eigenvalue weighted by Crippen LogP contribution is 2.19. The normalized spacial score (nSPS) is 13.4. The number of hydrogen-bond donors (Lipinski definition) is 1. The second-order valence-corrected chi connectivity index (χ2v) is 5.48. The molecule has 0 spiro atoms. The fourth-order valence-electron chi connectivity index (χ4n) is 1.50. The van der Waals surface area contributed by atoms with E-state index in [1.165, 1.54) is 6.07 Å². The molecule has 0 aliphatic heterocycles. The molecule has 1 aromatic rings. The average Bonchev–Trinajstić information content (AvgIpc) is 2.31. The quantitative estimate of drug-likeness (QED) is 0.835. The number of rotatable bonds is 6. The van der Waals surface area contributed by atoms with Crippen molar-refractivity contribution in [3.63, 3.8) is 0 Å². The molecule has 1 rings (SSSR count). The van der Waals surface area contributed by atoms with Gasteiger partial charge < -0.3 is 10.1 Å². The lowest BCUT2D eigenvalue weighted by atomic mass is 10.0. The van der Waals surface area contributed by atoms with Gasteiger partial charge in [0.2, 0.25) is 0 Å². The predicted octanol–water partition coefficient (Wildman–Crippen LogP) is 3.68. The van der Waals surface area contributed by atoms with Crippen LogP contribution in [0.1, 0.15) is 39.7 Å². The van der Waals surface area contributed by atoms with E-state index in [0.29, 0.717) is 12.3 Å². The molecule has 102 valence electrons. The third kappa shape index (κ3) is 4.65. The van der Waals surface area contributed by atoms with Gasteiger partial charge in [-0.3, -0.25) is 0 Å². The number of ether oxygens (including phenoxy) is 1.